The molecule has 7 heteroatoms. The second-order valence-corrected chi connectivity index (χ2v) is 9.30. The van der Waals surface area contributed by atoms with Gasteiger partial charge in [-0.1, -0.05) is 42.5 Å². The van der Waals surface area contributed by atoms with Crippen molar-refractivity contribution in [3.05, 3.63) is 113 Å². The molecule has 0 atom stereocenters. The molecule has 0 aliphatic rings. The summed E-state index contributed by atoms with van der Waals surface area (Å²) in [7, 11) is 6.63. The standard InChI is InChI=1S/C32H37NO6/c1-35-21-7-20-33(22-24-8-5-6-9-30(24)38-4)23-29-18-19-31(39-29)32(34,25-10-14-27(36-2)15-11-25)26-12-16-28(37-3)17-13-26/h5-6,8-19,34H,7,20-23H2,1-4H3. The maximum atomic E-state index is 12.3. The number of nitrogens with zero attached hydrogens (tertiary/aromatic N) is 1. The van der Waals surface area contributed by atoms with Crippen LogP contribution in [-0.4, -0.2) is 51.6 Å². The lowest BCUT2D eigenvalue weighted by molar-refractivity contribution is 0.0946. The number of furan rings is 1. The fraction of sp³-hybridized carbons (Fsp3) is 0.312. The molecule has 0 aliphatic carbocycles. The number of ether oxygens (including phenoxy) is 4. The van der Waals surface area contributed by atoms with Gasteiger partial charge in [0.15, 0.2) is 5.60 Å². The molecule has 0 amide bonds. The highest BCUT2D eigenvalue weighted by Crippen LogP contribution is 2.39. The van der Waals surface area contributed by atoms with Crippen molar-refractivity contribution in [2.75, 3.05) is 41.6 Å². The average Bonchev–Trinajstić information content (AvgIpc) is 3.46. The summed E-state index contributed by atoms with van der Waals surface area (Å²) in [5, 5.41) is 12.3. The highest BCUT2D eigenvalue weighted by atomic mass is 16.5. The maximum Gasteiger partial charge on any atom is 0.173 e. The van der Waals surface area contributed by atoms with E-state index >= 15 is 0 Å². The van der Waals surface area contributed by atoms with Gasteiger partial charge in [0.25, 0.3) is 0 Å². The zero-order chi connectivity index (χ0) is 27.7. The molecular formula is C32H37NO6. The molecule has 0 saturated heterocycles. The summed E-state index contributed by atoms with van der Waals surface area (Å²) in [4.78, 5) is 2.29. The van der Waals surface area contributed by atoms with Crippen LogP contribution < -0.4 is 14.2 Å². The average molecular weight is 532 g/mol. The quantitative estimate of drug-likeness (QED) is 0.212. The second kappa shape index (κ2) is 13.3. The number of hydrogen-bond acceptors (Lipinski definition) is 7. The van der Waals surface area contributed by atoms with Crippen molar-refractivity contribution in [2.24, 2.45) is 0 Å². The van der Waals surface area contributed by atoms with Crippen molar-refractivity contribution in [3.63, 3.8) is 0 Å². The van der Waals surface area contributed by atoms with Gasteiger partial charge in [-0.05, 0) is 60.0 Å². The lowest BCUT2D eigenvalue weighted by Crippen LogP contribution is -2.28. The van der Waals surface area contributed by atoms with Gasteiger partial charge in [-0.15, -0.1) is 0 Å². The summed E-state index contributed by atoms with van der Waals surface area (Å²) in [6.07, 6.45) is 0.876. The molecule has 1 N–H and O–H groups in total. The third-order valence-corrected chi connectivity index (χ3v) is 6.82. The third-order valence-electron chi connectivity index (χ3n) is 6.82. The zero-order valence-corrected chi connectivity index (χ0v) is 23.1. The van der Waals surface area contributed by atoms with Crippen LogP contribution in [-0.2, 0) is 23.4 Å². The first kappa shape index (κ1) is 28.2. The van der Waals surface area contributed by atoms with Crippen molar-refractivity contribution in [2.45, 2.75) is 25.1 Å². The van der Waals surface area contributed by atoms with Gasteiger partial charge in [0.1, 0.15) is 28.8 Å². The van der Waals surface area contributed by atoms with Gasteiger partial charge in [0.2, 0.25) is 0 Å². The van der Waals surface area contributed by atoms with E-state index in [-0.39, 0.29) is 0 Å². The zero-order valence-electron chi connectivity index (χ0n) is 23.1. The van der Waals surface area contributed by atoms with Crippen LogP contribution in [0.4, 0.5) is 0 Å². The van der Waals surface area contributed by atoms with E-state index in [0.717, 1.165) is 30.0 Å². The molecule has 4 aromatic rings. The van der Waals surface area contributed by atoms with Gasteiger partial charge in [0.05, 0.1) is 27.9 Å². The van der Waals surface area contributed by atoms with E-state index in [2.05, 4.69) is 11.0 Å². The molecule has 1 aromatic heterocycles. The summed E-state index contributed by atoms with van der Waals surface area (Å²) >= 11 is 0. The highest BCUT2D eigenvalue weighted by molar-refractivity contribution is 5.46. The Labute approximate surface area is 230 Å². The Kier molecular flexibility index (Phi) is 9.65. The van der Waals surface area contributed by atoms with Crippen LogP contribution >= 0.6 is 0 Å². The fourth-order valence-electron chi connectivity index (χ4n) is 4.71. The van der Waals surface area contributed by atoms with Crippen LogP contribution in [0.3, 0.4) is 0 Å². The first-order valence-corrected chi connectivity index (χ1v) is 13.0. The summed E-state index contributed by atoms with van der Waals surface area (Å²) < 4.78 is 27.9. The third kappa shape index (κ3) is 6.63. The molecule has 0 saturated carbocycles. The van der Waals surface area contributed by atoms with E-state index in [1.165, 1.54) is 0 Å². The van der Waals surface area contributed by atoms with Crippen LogP contribution in [0, 0.1) is 0 Å². The van der Waals surface area contributed by atoms with Crippen molar-refractivity contribution < 1.29 is 28.5 Å². The molecule has 1 heterocycles. The van der Waals surface area contributed by atoms with Crippen molar-refractivity contribution in [1.82, 2.24) is 4.90 Å². The number of para-hydroxylation sites is 1. The van der Waals surface area contributed by atoms with Crippen LogP contribution in [0.15, 0.2) is 89.3 Å². The lowest BCUT2D eigenvalue weighted by Gasteiger charge is -2.28. The van der Waals surface area contributed by atoms with Crippen molar-refractivity contribution >= 4 is 0 Å². The molecule has 0 spiro atoms. The number of benzene rings is 3. The summed E-state index contributed by atoms with van der Waals surface area (Å²) in [6, 6.07) is 26.5. The molecule has 0 unspecified atom stereocenters. The van der Waals surface area contributed by atoms with E-state index < -0.39 is 5.60 Å². The number of aliphatic hydroxyl groups is 1. The van der Waals surface area contributed by atoms with Gasteiger partial charge in [-0.3, -0.25) is 4.90 Å². The normalized spacial score (nSPS) is 11.5. The van der Waals surface area contributed by atoms with Gasteiger partial charge in [-0.2, -0.15) is 0 Å². The van der Waals surface area contributed by atoms with E-state index in [0.29, 0.717) is 48.1 Å². The smallest absolute Gasteiger partial charge is 0.173 e. The predicted molar refractivity (Wildman–Crippen MR) is 150 cm³/mol. The summed E-state index contributed by atoms with van der Waals surface area (Å²) in [6.45, 7) is 2.72. The topological polar surface area (TPSA) is 73.5 Å². The predicted octanol–water partition coefficient (Wildman–Crippen LogP) is 5.63. The van der Waals surface area contributed by atoms with E-state index in [1.807, 2.05) is 78.9 Å². The Bertz CT molecular complexity index is 1250. The molecule has 7 nitrogen and oxygen atoms in total. The Morgan fingerprint density at radius 1 is 0.718 bits per heavy atom. The van der Waals surface area contributed by atoms with Gasteiger partial charge >= 0.3 is 0 Å². The van der Waals surface area contributed by atoms with Crippen LogP contribution in [0.25, 0.3) is 0 Å². The molecule has 0 fully saturated rings. The number of rotatable bonds is 14. The number of methoxy groups -OCH3 is 4. The molecule has 3 aromatic carbocycles. The Balaban J connectivity index is 1.66. The fourth-order valence-corrected chi connectivity index (χ4v) is 4.71. The minimum Gasteiger partial charge on any atom is -0.497 e. The van der Waals surface area contributed by atoms with Crippen LogP contribution in [0.1, 0.15) is 34.6 Å². The monoisotopic (exact) mass is 531 g/mol. The summed E-state index contributed by atoms with van der Waals surface area (Å²) in [5.41, 5.74) is 0.915. The second-order valence-electron chi connectivity index (χ2n) is 9.30. The Hall–Kier alpha value is -3.78. The van der Waals surface area contributed by atoms with Gasteiger partial charge in [0, 0.05) is 32.4 Å². The molecule has 4 rings (SSSR count). The SMILES string of the molecule is COCCCN(Cc1ccc(C(O)(c2ccc(OC)cc2)c2ccc(OC)cc2)o1)Cc1ccccc1OC. The van der Waals surface area contributed by atoms with Gasteiger partial charge in [-0.25, -0.2) is 0 Å². The molecule has 206 valence electrons. The van der Waals surface area contributed by atoms with E-state index in [9.17, 15) is 5.11 Å². The van der Waals surface area contributed by atoms with Crippen LogP contribution in [0.2, 0.25) is 0 Å². The van der Waals surface area contributed by atoms with Crippen molar-refractivity contribution in [1.29, 1.82) is 0 Å². The largest absolute Gasteiger partial charge is 0.497 e. The first-order chi connectivity index (χ1) is 19.0. The van der Waals surface area contributed by atoms with E-state index in [1.54, 1.807) is 28.4 Å². The molecule has 0 radical (unpaired) electrons. The summed E-state index contributed by atoms with van der Waals surface area (Å²) in [5.74, 6) is 3.44. The Morgan fingerprint density at radius 3 is 1.90 bits per heavy atom. The minimum atomic E-state index is -1.51. The van der Waals surface area contributed by atoms with Crippen LogP contribution in [0.5, 0.6) is 17.2 Å². The highest BCUT2D eigenvalue weighted by Gasteiger charge is 2.37. The minimum absolute atomic E-state index is 0.432. The van der Waals surface area contributed by atoms with Crippen molar-refractivity contribution in [3.8, 4) is 17.2 Å². The van der Waals surface area contributed by atoms with Gasteiger partial charge < -0.3 is 28.5 Å². The van der Waals surface area contributed by atoms with E-state index in [4.69, 9.17) is 23.4 Å². The number of hydrogen-bond donors (Lipinski definition) is 1. The lowest BCUT2D eigenvalue weighted by atomic mass is 9.84. The first-order valence-electron chi connectivity index (χ1n) is 13.0. The molecule has 0 bridgehead atoms. The molecule has 0 aliphatic heterocycles. The molecular weight excluding hydrogens is 494 g/mol. The molecule has 39 heavy (non-hydrogen) atoms. The maximum absolute atomic E-state index is 12.3. The Morgan fingerprint density at radius 2 is 1.33 bits per heavy atom.